The van der Waals surface area contributed by atoms with Gasteiger partial charge in [0, 0.05) is 30.4 Å². The normalized spacial score (nSPS) is 14.3. The lowest BCUT2D eigenvalue weighted by molar-refractivity contribution is 0.452. The molecule has 0 saturated heterocycles. The molecule has 0 spiro atoms. The maximum atomic E-state index is 13.3. The van der Waals surface area contributed by atoms with Gasteiger partial charge in [-0.3, -0.25) is 0 Å². The van der Waals surface area contributed by atoms with Crippen LogP contribution in [0.2, 0.25) is 0 Å². The molecule has 1 aromatic heterocycles. The van der Waals surface area contributed by atoms with E-state index >= 15 is 0 Å². The summed E-state index contributed by atoms with van der Waals surface area (Å²) in [5, 5.41) is 6.60. The molecule has 0 atom stereocenters. The largest absolute Gasteiger partial charge is 0.439 e. The van der Waals surface area contributed by atoms with Gasteiger partial charge in [-0.1, -0.05) is 12.1 Å². The van der Waals surface area contributed by atoms with Gasteiger partial charge in [-0.15, -0.1) is 0 Å². The second-order valence-electron chi connectivity index (χ2n) is 5.64. The standard InChI is InChI=1S/C18H21FN4O/c1-2-20-18(23-15-8-9-15)22-12-13-5-4-10-21-17(13)24-16-7-3-6-14(19)11-16/h3-7,10-11,15H,2,8-9,12H2,1H3,(H2,20,22,23). The maximum absolute atomic E-state index is 13.3. The molecule has 6 heteroatoms. The Morgan fingerprint density at radius 3 is 2.96 bits per heavy atom. The summed E-state index contributed by atoms with van der Waals surface area (Å²) in [7, 11) is 0. The Kier molecular flexibility index (Phi) is 5.25. The molecule has 0 radical (unpaired) electrons. The summed E-state index contributed by atoms with van der Waals surface area (Å²) in [6.45, 7) is 3.27. The van der Waals surface area contributed by atoms with Crippen molar-refractivity contribution in [1.29, 1.82) is 0 Å². The topological polar surface area (TPSA) is 58.5 Å². The van der Waals surface area contributed by atoms with Crippen LogP contribution in [-0.4, -0.2) is 23.5 Å². The zero-order valence-corrected chi connectivity index (χ0v) is 13.6. The van der Waals surface area contributed by atoms with Gasteiger partial charge < -0.3 is 15.4 Å². The highest BCUT2D eigenvalue weighted by molar-refractivity contribution is 5.80. The van der Waals surface area contributed by atoms with Crippen molar-refractivity contribution in [2.75, 3.05) is 6.54 Å². The molecule has 1 fully saturated rings. The van der Waals surface area contributed by atoms with E-state index in [9.17, 15) is 4.39 Å². The Morgan fingerprint density at radius 2 is 2.21 bits per heavy atom. The first kappa shape index (κ1) is 16.2. The SMILES string of the molecule is CCNC(=NCc1cccnc1Oc1cccc(F)c1)NC1CC1. The zero-order valence-electron chi connectivity index (χ0n) is 13.6. The molecule has 126 valence electrons. The molecule has 2 aromatic rings. The fourth-order valence-electron chi connectivity index (χ4n) is 2.18. The number of hydrogen-bond acceptors (Lipinski definition) is 3. The first-order chi connectivity index (χ1) is 11.7. The molecule has 2 N–H and O–H groups in total. The molecule has 0 bridgehead atoms. The van der Waals surface area contributed by atoms with Gasteiger partial charge >= 0.3 is 0 Å². The number of pyridine rings is 1. The molecular weight excluding hydrogens is 307 g/mol. The summed E-state index contributed by atoms with van der Waals surface area (Å²) in [4.78, 5) is 8.83. The summed E-state index contributed by atoms with van der Waals surface area (Å²) in [6, 6.07) is 10.3. The fraction of sp³-hybridized carbons (Fsp3) is 0.333. The molecule has 1 saturated carbocycles. The monoisotopic (exact) mass is 328 g/mol. The Labute approximate surface area is 141 Å². The minimum Gasteiger partial charge on any atom is -0.439 e. The van der Waals surface area contributed by atoms with Crippen LogP contribution in [0, 0.1) is 5.82 Å². The minimum absolute atomic E-state index is 0.342. The molecule has 24 heavy (non-hydrogen) atoms. The van der Waals surface area contributed by atoms with Gasteiger partial charge in [0.25, 0.3) is 0 Å². The van der Waals surface area contributed by atoms with E-state index in [1.54, 1.807) is 18.3 Å². The summed E-state index contributed by atoms with van der Waals surface area (Å²) < 4.78 is 19.0. The van der Waals surface area contributed by atoms with Gasteiger partial charge in [-0.25, -0.2) is 14.4 Å². The molecule has 0 aliphatic heterocycles. The van der Waals surface area contributed by atoms with Crippen molar-refractivity contribution in [3.8, 4) is 11.6 Å². The summed E-state index contributed by atoms with van der Waals surface area (Å²) in [5.74, 6) is 1.31. The van der Waals surface area contributed by atoms with Crippen LogP contribution in [0.4, 0.5) is 4.39 Å². The third-order valence-corrected chi connectivity index (χ3v) is 3.53. The van der Waals surface area contributed by atoms with E-state index in [1.807, 2.05) is 19.1 Å². The van der Waals surface area contributed by atoms with Crippen LogP contribution in [0.5, 0.6) is 11.6 Å². The first-order valence-corrected chi connectivity index (χ1v) is 8.16. The van der Waals surface area contributed by atoms with Crippen LogP contribution in [0.15, 0.2) is 47.6 Å². The van der Waals surface area contributed by atoms with Gasteiger partial charge in [0.2, 0.25) is 5.88 Å². The number of ether oxygens (including phenoxy) is 1. The first-order valence-electron chi connectivity index (χ1n) is 8.16. The van der Waals surface area contributed by atoms with E-state index in [4.69, 9.17) is 4.74 Å². The second-order valence-corrected chi connectivity index (χ2v) is 5.64. The van der Waals surface area contributed by atoms with Crippen LogP contribution in [0.1, 0.15) is 25.3 Å². The molecule has 1 aliphatic carbocycles. The van der Waals surface area contributed by atoms with E-state index in [0.717, 1.165) is 18.1 Å². The number of nitrogens with one attached hydrogen (secondary N) is 2. The van der Waals surface area contributed by atoms with Crippen molar-refractivity contribution in [3.05, 3.63) is 54.0 Å². The van der Waals surface area contributed by atoms with Crippen LogP contribution in [-0.2, 0) is 6.54 Å². The zero-order chi connectivity index (χ0) is 16.8. The smallest absolute Gasteiger partial charge is 0.224 e. The predicted octanol–water partition coefficient (Wildman–Crippen LogP) is 3.23. The van der Waals surface area contributed by atoms with E-state index < -0.39 is 0 Å². The van der Waals surface area contributed by atoms with Crippen LogP contribution in [0.3, 0.4) is 0 Å². The average molecular weight is 328 g/mol. The highest BCUT2D eigenvalue weighted by Gasteiger charge is 2.22. The number of benzene rings is 1. The quantitative estimate of drug-likeness (QED) is 0.631. The third kappa shape index (κ3) is 4.68. The number of halogens is 1. The lowest BCUT2D eigenvalue weighted by Crippen LogP contribution is -2.38. The van der Waals surface area contributed by atoms with Crippen LogP contribution >= 0.6 is 0 Å². The molecule has 5 nitrogen and oxygen atoms in total. The fourth-order valence-corrected chi connectivity index (χ4v) is 2.18. The molecule has 1 heterocycles. The van der Waals surface area contributed by atoms with Gasteiger partial charge in [0.15, 0.2) is 5.96 Å². The Bertz CT molecular complexity index is 716. The summed E-state index contributed by atoms with van der Waals surface area (Å²) in [5.41, 5.74) is 0.842. The molecule has 0 unspecified atom stereocenters. The Hall–Kier alpha value is -2.63. The average Bonchev–Trinajstić information content (AvgIpc) is 3.38. The number of guanidine groups is 1. The lowest BCUT2D eigenvalue weighted by Gasteiger charge is -2.11. The summed E-state index contributed by atoms with van der Waals surface area (Å²) in [6.07, 6.45) is 4.02. The van der Waals surface area contributed by atoms with Crippen molar-refractivity contribution in [3.63, 3.8) is 0 Å². The molecule has 1 aromatic carbocycles. The number of hydrogen-bond donors (Lipinski definition) is 2. The van der Waals surface area contributed by atoms with Crippen molar-refractivity contribution < 1.29 is 9.13 Å². The maximum Gasteiger partial charge on any atom is 0.224 e. The van der Waals surface area contributed by atoms with Crippen molar-refractivity contribution in [2.45, 2.75) is 32.4 Å². The van der Waals surface area contributed by atoms with Crippen LogP contribution in [0.25, 0.3) is 0 Å². The van der Waals surface area contributed by atoms with E-state index in [1.165, 1.54) is 25.0 Å². The van der Waals surface area contributed by atoms with Gasteiger partial charge in [0.05, 0.1) is 6.54 Å². The third-order valence-electron chi connectivity index (χ3n) is 3.53. The highest BCUT2D eigenvalue weighted by Crippen LogP contribution is 2.24. The number of aromatic nitrogens is 1. The number of nitrogens with zero attached hydrogens (tertiary/aromatic N) is 2. The van der Waals surface area contributed by atoms with E-state index in [-0.39, 0.29) is 5.82 Å². The second kappa shape index (κ2) is 7.77. The van der Waals surface area contributed by atoms with Gasteiger partial charge in [-0.05, 0) is 38.0 Å². The minimum atomic E-state index is -0.342. The van der Waals surface area contributed by atoms with E-state index in [0.29, 0.717) is 24.2 Å². The molecule has 0 amide bonds. The highest BCUT2D eigenvalue weighted by atomic mass is 19.1. The number of rotatable bonds is 6. The van der Waals surface area contributed by atoms with Crippen molar-refractivity contribution >= 4 is 5.96 Å². The molecule has 3 rings (SSSR count). The van der Waals surface area contributed by atoms with Crippen molar-refractivity contribution in [1.82, 2.24) is 15.6 Å². The molecular formula is C18H21FN4O. The van der Waals surface area contributed by atoms with Gasteiger partial charge in [-0.2, -0.15) is 0 Å². The van der Waals surface area contributed by atoms with Gasteiger partial charge in [0.1, 0.15) is 11.6 Å². The summed E-state index contributed by atoms with van der Waals surface area (Å²) >= 11 is 0. The predicted molar refractivity (Wildman–Crippen MR) is 91.7 cm³/mol. The Morgan fingerprint density at radius 1 is 1.33 bits per heavy atom. The Balaban J connectivity index is 1.73. The van der Waals surface area contributed by atoms with Crippen LogP contribution < -0.4 is 15.4 Å². The lowest BCUT2D eigenvalue weighted by atomic mass is 10.2. The van der Waals surface area contributed by atoms with E-state index in [2.05, 4.69) is 20.6 Å². The number of aliphatic imine (C=N–C) groups is 1. The molecule has 1 aliphatic rings. The van der Waals surface area contributed by atoms with Crippen molar-refractivity contribution in [2.24, 2.45) is 4.99 Å².